The lowest BCUT2D eigenvalue weighted by Gasteiger charge is -2.12. The number of halogens is 1. The molecule has 0 bridgehead atoms. The second kappa shape index (κ2) is 4.80. The fourth-order valence-corrected chi connectivity index (χ4v) is 2.57. The third kappa shape index (κ3) is 2.12. The van der Waals surface area contributed by atoms with Gasteiger partial charge in [0, 0.05) is 10.9 Å². The highest BCUT2D eigenvalue weighted by molar-refractivity contribution is 5.78. The van der Waals surface area contributed by atoms with E-state index in [0.29, 0.717) is 5.58 Å². The summed E-state index contributed by atoms with van der Waals surface area (Å²) in [7, 11) is 1.86. The molecule has 3 rings (SSSR count). The van der Waals surface area contributed by atoms with E-state index in [4.69, 9.17) is 8.83 Å². The molecule has 0 radical (unpaired) electrons. The van der Waals surface area contributed by atoms with Gasteiger partial charge in [0.25, 0.3) is 0 Å². The van der Waals surface area contributed by atoms with Gasteiger partial charge in [0.15, 0.2) is 0 Å². The Hall–Kier alpha value is -2.07. The van der Waals surface area contributed by atoms with Crippen molar-refractivity contribution in [3.05, 3.63) is 59.0 Å². The normalized spacial score (nSPS) is 13.0. The minimum absolute atomic E-state index is 0.108. The van der Waals surface area contributed by atoms with E-state index >= 15 is 0 Å². The van der Waals surface area contributed by atoms with Gasteiger partial charge < -0.3 is 14.2 Å². The van der Waals surface area contributed by atoms with E-state index in [9.17, 15) is 4.39 Å². The van der Waals surface area contributed by atoms with E-state index in [1.807, 2.05) is 33.0 Å². The van der Waals surface area contributed by atoms with Crippen molar-refractivity contribution in [2.45, 2.75) is 19.9 Å². The maximum atomic E-state index is 13.2. The first-order chi connectivity index (χ1) is 9.58. The maximum Gasteiger partial charge on any atom is 0.134 e. The van der Waals surface area contributed by atoms with Crippen LogP contribution >= 0.6 is 0 Å². The van der Waals surface area contributed by atoms with Crippen molar-refractivity contribution in [3.63, 3.8) is 0 Å². The fourth-order valence-electron chi connectivity index (χ4n) is 2.57. The highest BCUT2D eigenvalue weighted by Crippen LogP contribution is 2.31. The summed E-state index contributed by atoms with van der Waals surface area (Å²) in [4.78, 5) is 0. The molecule has 0 aliphatic heterocycles. The van der Waals surface area contributed by atoms with Crippen molar-refractivity contribution in [3.8, 4) is 0 Å². The van der Waals surface area contributed by atoms with E-state index in [-0.39, 0.29) is 11.9 Å². The van der Waals surface area contributed by atoms with Crippen molar-refractivity contribution >= 4 is 11.0 Å². The highest BCUT2D eigenvalue weighted by Gasteiger charge is 2.21. The minimum atomic E-state index is -0.263. The second-order valence-corrected chi connectivity index (χ2v) is 4.92. The van der Waals surface area contributed by atoms with Gasteiger partial charge in [0.1, 0.15) is 28.7 Å². The predicted octanol–water partition coefficient (Wildman–Crippen LogP) is 4.09. The van der Waals surface area contributed by atoms with E-state index < -0.39 is 0 Å². The van der Waals surface area contributed by atoms with Crippen LogP contribution in [-0.2, 0) is 0 Å². The first-order valence-corrected chi connectivity index (χ1v) is 6.51. The van der Waals surface area contributed by atoms with Crippen molar-refractivity contribution in [1.29, 1.82) is 0 Å². The Bertz CT molecular complexity index is 757. The number of nitrogens with one attached hydrogen (secondary N) is 1. The summed E-state index contributed by atoms with van der Waals surface area (Å²) in [6, 6.07) is 8.27. The fraction of sp³-hybridized carbons (Fsp3) is 0.250. The van der Waals surface area contributed by atoms with Crippen LogP contribution in [0.4, 0.5) is 4.39 Å². The van der Waals surface area contributed by atoms with Crippen LogP contribution in [0, 0.1) is 19.7 Å². The van der Waals surface area contributed by atoms with Crippen molar-refractivity contribution in [1.82, 2.24) is 5.32 Å². The molecule has 2 aromatic heterocycles. The number of hydrogen-bond donors (Lipinski definition) is 1. The topological polar surface area (TPSA) is 38.3 Å². The second-order valence-electron chi connectivity index (χ2n) is 4.92. The molecule has 1 aromatic carbocycles. The van der Waals surface area contributed by atoms with Crippen LogP contribution in [0.25, 0.3) is 11.0 Å². The molecule has 0 aliphatic rings. The van der Waals surface area contributed by atoms with E-state index in [0.717, 1.165) is 28.2 Å². The number of benzene rings is 1. The zero-order chi connectivity index (χ0) is 14.3. The van der Waals surface area contributed by atoms with E-state index in [2.05, 4.69) is 5.32 Å². The average molecular weight is 273 g/mol. The van der Waals surface area contributed by atoms with Crippen molar-refractivity contribution in [2.75, 3.05) is 7.05 Å². The van der Waals surface area contributed by atoms with Crippen LogP contribution in [0.1, 0.15) is 28.9 Å². The summed E-state index contributed by atoms with van der Waals surface area (Å²) >= 11 is 0. The van der Waals surface area contributed by atoms with Gasteiger partial charge in [0.05, 0.1) is 6.04 Å². The molecule has 3 nitrogen and oxygen atoms in total. The average Bonchev–Trinajstić information content (AvgIpc) is 2.94. The van der Waals surface area contributed by atoms with E-state index in [1.165, 1.54) is 12.1 Å². The van der Waals surface area contributed by atoms with Crippen LogP contribution in [-0.4, -0.2) is 7.05 Å². The van der Waals surface area contributed by atoms with Gasteiger partial charge in [-0.15, -0.1) is 0 Å². The zero-order valence-electron chi connectivity index (χ0n) is 11.7. The Morgan fingerprint density at radius 3 is 2.55 bits per heavy atom. The molecule has 1 unspecified atom stereocenters. The molecule has 0 amide bonds. The molecule has 104 valence electrons. The molecular formula is C16H16FNO2. The molecule has 0 spiro atoms. The molecule has 2 heterocycles. The lowest BCUT2D eigenvalue weighted by atomic mass is 10.0. The first kappa shape index (κ1) is 12.9. The Morgan fingerprint density at radius 2 is 1.90 bits per heavy atom. The minimum Gasteiger partial charge on any atom is -0.466 e. The molecule has 0 aliphatic carbocycles. The summed E-state index contributed by atoms with van der Waals surface area (Å²) in [6.07, 6.45) is 0. The SMILES string of the molecule is CNC(c1cc2cc(F)ccc2o1)c1cc(C)oc1C. The van der Waals surface area contributed by atoms with Gasteiger partial charge in [-0.2, -0.15) is 0 Å². The molecule has 0 saturated heterocycles. The summed E-state index contributed by atoms with van der Waals surface area (Å²) in [5.41, 5.74) is 1.71. The number of aryl methyl sites for hydroxylation is 2. The van der Waals surface area contributed by atoms with Crippen LogP contribution in [0.2, 0.25) is 0 Å². The van der Waals surface area contributed by atoms with Crippen LogP contribution in [0.5, 0.6) is 0 Å². The third-order valence-corrected chi connectivity index (χ3v) is 3.46. The van der Waals surface area contributed by atoms with Gasteiger partial charge in [-0.25, -0.2) is 4.39 Å². The highest BCUT2D eigenvalue weighted by atomic mass is 19.1. The first-order valence-electron chi connectivity index (χ1n) is 6.51. The van der Waals surface area contributed by atoms with Gasteiger partial charge in [-0.05, 0) is 51.2 Å². The number of hydrogen-bond acceptors (Lipinski definition) is 3. The standard InChI is InChI=1S/C16H16FNO2/c1-9-6-13(10(2)19-9)16(18-3)15-8-11-7-12(17)4-5-14(11)20-15/h4-8,16,18H,1-3H3. The summed E-state index contributed by atoms with van der Waals surface area (Å²) in [6.45, 7) is 3.84. The number of rotatable bonds is 3. The van der Waals surface area contributed by atoms with E-state index in [1.54, 1.807) is 6.07 Å². The number of furan rings is 2. The van der Waals surface area contributed by atoms with Gasteiger partial charge in [-0.1, -0.05) is 0 Å². The summed E-state index contributed by atoms with van der Waals surface area (Å²) < 4.78 is 24.6. The van der Waals surface area contributed by atoms with Crippen molar-refractivity contribution in [2.24, 2.45) is 0 Å². The quantitative estimate of drug-likeness (QED) is 0.781. The van der Waals surface area contributed by atoms with Gasteiger partial charge in [-0.3, -0.25) is 0 Å². The Labute approximate surface area is 116 Å². The molecule has 0 fully saturated rings. The molecule has 4 heteroatoms. The summed E-state index contributed by atoms with van der Waals surface area (Å²) in [5.74, 6) is 2.20. The lowest BCUT2D eigenvalue weighted by molar-refractivity contribution is 0.471. The van der Waals surface area contributed by atoms with Gasteiger partial charge in [0.2, 0.25) is 0 Å². The smallest absolute Gasteiger partial charge is 0.134 e. The molecule has 1 atom stereocenters. The monoisotopic (exact) mass is 273 g/mol. The molecule has 20 heavy (non-hydrogen) atoms. The Kier molecular flexibility index (Phi) is 3.10. The maximum absolute atomic E-state index is 13.2. The zero-order valence-corrected chi connectivity index (χ0v) is 11.7. The molecule has 3 aromatic rings. The third-order valence-electron chi connectivity index (χ3n) is 3.46. The molecular weight excluding hydrogens is 257 g/mol. The predicted molar refractivity (Wildman–Crippen MR) is 75.3 cm³/mol. The van der Waals surface area contributed by atoms with Crippen LogP contribution in [0.15, 0.2) is 39.2 Å². The van der Waals surface area contributed by atoms with Crippen molar-refractivity contribution < 1.29 is 13.2 Å². The largest absolute Gasteiger partial charge is 0.466 e. The molecule has 0 saturated carbocycles. The van der Waals surface area contributed by atoms with Gasteiger partial charge >= 0.3 is 0 Å². The van der Waals surface area contributed by atoms with Crippen LogP contribution in [0.3, 0.4) is 0 Å². The summed E-state index contributed by atoms with van der Waals surface area (Å²) in [5, 5.41) is 3.98. The lowest BCUT2D eigenvalue weighted by Crippen LogP contribution is -2.17. The Morgan fingerprint density at radius 1 is 1.10 bits per heavy atom. The Balaban J connectivity index is 2.09. The van der Waals surface area contributed by atoms with Crippen LogP contribution < -0.4 is 5.32 Å². The molecule has 1 N–H and O–H groups in total. The number of fused-ring (bicyclic) bond motifs is 1.